The summed E-state index contributed by atoms with van der Waals surface area (Å²) in [5, 5.41) is 1.79. The molecule has 0 atom stereocenters. The maximum atomic E-state index is 11.4. The van der Waals surface area contributed by atoms with E-state index in [1.165, 1.54) is 13.8 Å². The van der Waals surface area contributed by atoms with Gasteiger partial charge in [-0.1, -0.05) is 0 Å². The molecule has 0 aromatic heterocycles. The van der Waals surface area contributed by atoms with E-state index in [4.69, 9.17) is 0 Å². The number of carbonyl (C=O) groups is 3. The molecule has 0 unspecified atom stereocenters. The van der Waals surface area contributed by atoms with Crippen molar-refractivity contribution in [2.24, 2.45) is 0 Å². The minimum Gasteiger partial charge on any atom is -0.269 e. The molecule has 0 aromatic carbocycles. The van der Waals surface area contributed by atoms with Crippen LogP contribution in [0.3, 0.4) is 0 Å². The molecule has 7 nitrogen and oxygen atoms in total. The minimum absolute atomic E-state index is 0.345. The van der Waals surface area contributed by atoms with Gasteiger partial charge < -0.3 is 0 Å². The van der Waals surface area contributed by atoms with Gasteiger partial charge in [-0.15, -0.1) is 0 Å². The molecule has 1 fully saturated rings. The molecule has 0 saturated carbocycles. The molecular weight excluding hydrogens is 236 g/mol. The zero-order valence-corrected chi connectivity index (χ0v) is 9.92. The molecule has 0 radical (unpaired) electrons. The molecule has 16 heavy (non-hydrogen) atoms. The minimum atomic E-state index is -3.44. The Morgan fingerprint density at radius 2 is 1.75 bits per heavy atom. The van der Waals surface area contributed by atoms with Crippen LogP contribution in [0.5, 0.6) is 0 Å². The number of carbonyl (C=O) groups excluding carboxylic acids is 3. The first-order chi connectivity index (χ1) is 7.06. The van der Waals surface area contributed by atoms with Crippen molar-refractivity contribution in [3.05, 3.63) is 0 Å². The van der Waals surface area contributed by atoms with Crippen molar-refractivity contribution in [3.8, 4) is 0 Å². The van der Waals surface area contributed by atoms with E-state index in [2.05, 4.69) is 0 Å². The first-order valence-electron chi connectivity index (χ1n) is 4.43. The van der Waals surface area contributed by atoms with Crippen LogP contribution in [0, 0.1) is 0 Å². The van der Waals surface area contributed by atoms with Gasteiger partial charge in [0.25, 0.3) is 0 Å². The molecule has 1 aliphatic heterocycles. The quantitative estimate of drug-likeness (QED) is 0.504. The van der Waals surface area contributed by atoms with Crippen LogP contribution in [0.1, 0.15) is 13.8 Å². The number of nitrogens with one attached hydrogen (secondary N) is 1. The first kappa shape index (κ1) is 12.6. The van der Waals surface area contributed by atoms with Gasteiger partial charge in [-0.2, -0.15) is 0 Å². The van der Waals surface area contributed by atoms with Crippen molar-refractivity contribution in [2.75, 3.05) is 12.8 Å². The number of amides is 4. The summed E-state index contributed by atoms with van der Waals surface area (Å²) in [4.78, 5) is 33.9. The number of rotatable bonds is 3. The van der Waals surface area contributed by atoms with Gasteiger partial charge in [0.2, 0.25) is 0 Å². The predicted molar refractivity (Wildman–Crippen MR) is 54.2 cm³/mol. The van der Waals surface area contributed by atoms with E-state index in [9.17, 15) is 22.8 Å². The summed E-state index contributed by atoms with van der Waals surface area (Å²) in [5.74, 6) is -2.06. The fraction of sp³-hybridized carbons (Fsp3) is 0.625. The van der Waals surface area contributed by atoms with Gasteiger partial charge >= 0.3 is 17.8 Å². The van der Waals surface area contributed by atoms with Crippen molar-refractivity contribution in [3.63, 3.8) is 0 Å². The third kappa shape index (κ3) is 2.06. The third-order valence-electron chi connectivity index (χ3n) is 2.45. The van der Waals surface area contributed by atoms with Gasteiger partial charge in [0, 0.05) is 6.26 Å². The summed E-state index contributed by atoms with van der Waals surface area (Å²) in [6.07, 6.45) is 1.01. The Labute approximate surface area is 92.7 Å². The Bertz CT molecular complexity index is 465. The molecule has 90 valence electrons. The Kier molecular flexibility index (Phi) is 2.80. The monoisotopic (exact) mass is 248 g/mol. The second-order valence-corrected chi connectivity index (χ2v) is 6.83. The fourth-order valence-corrected chi connectivity index (χ4v) is 1.44. The van der Waals surface area contributed by atoms with Gasteiger partial charge in [0.1, 0.15) is 0 Å². The Morgan fingerprint density at radius 1 is 1.25 bits per heavy atom. The molecule has 1 aliphatic rings. The Morgan fingerprint density at radius 3 is 2.06 bits per heavy atom. The fourth-order valence-electron chi connectivity index (χ4n) is 1.07. The molecule has 0 bridgehead atoms. The second-order valence-electron chi connectivity index (χ2n) is 4.18. The summed E-state index contributed by atoms with van der Waals surface area (Å²) in [6, 6.07) is -0.883. The highest BCUT2D eigenvalue weighted by Crippen LogP contribution is 2.18. The molecule has 4 amide bonds. The topological polar surface area (TPSA) is 101 Å². The van der Waals surface area contributed by atoms with Crippen LogP contribution in [0.25, 0.3) is 0 Å². The van der Waals surface area contributed by atoms with E-state index in [0.717, 1.165) is 6.26 Å². The van der Waals surface area contributed by atoms with Crippen LogP contribution in [-0.4, -0.2) is 48.7 Å². The van der Waals surface area contributed by atoms with E-state index in [1.54, 1.807) is 5.32 Å². The SMILES string of the molecule is CC(C)(CN1C(=O)NC(=O)C1=O)S(C)(=O)=O. The number of imide groups is 2. The van der Waals surface area contributed by atoms with Crippen LogP contribution >= 0.6 is 0 Å². The number of urea groups is 1. The summed E-state index contributed by atoms with van der Waals surface area (Å²) in [6.45, 7) is 2.42. The van der Waals surface area contributed by atoms with Gasteiger partial charge in [-0.3, -0.25) is 19.8 Å². The standard InChI is InChI=1S/C8H12N2O5S/c1-8(2,16(3,14)15)4-10-6(12)5(11)9-7(10)13/h4H2,1-3H3,(H,9,11,13). The summed E-state index contributed by atoms with van der Waals surface area (Å²) >= 11 is 0. The third-order valence-corrected chi connectivity index (χ3v) is 4.58. The zero-order valence-electron chi connectivity index (χ0n) is 9.10. The second kappa shape index (κ2) is 3.55. The first-order valence-corrected chi connectivity index (χ1v) is 6.32. The zero-order chi connectivity index (χ0) is 12.7. The van der Waals surface area contributed by atoms with Gasteiger partial charge in [0.15, 0.2) is 9.84 Å². The molecule has 8 heteroatoms. The van der Waals surface area contributed by atoms with E-state index < -0.39 is 32.4 Å². The van der Waals surface area contributed by atoms with E-state index in [-0.39, 0.29) is 6.54 Å². The molecule has 1 rings (SSSR count). The van der Waals surface area contributed by atoms with Crippen LogP contribution in [-0.2, 0) is 19.4 Å². The predicted octanol–water partition coefficient (Wildman–Crippen LogP) is -1.11. The van der Waals surface area contributed by atoms with E-state index in [0.29, 0.717) is 4.90 Å². The smallest absolute Gasteiger partial charge is 0.269 e. The molecule has 0 aliphatic carbocycles. The summed E-state index contributed by atoms with van der Waals surface area (Å²) in [7, 11) is -3.44. The maximum Gasteiger partial charge on any atom is 0.331 e. The van der Waals surface area contributed by atoms with Crippen molar-refractivity contribution in [1.82, 2.24) is 10.2 Å². The lowest BCUT2D eigenvalue weighted by Crippen LogP contribution is -2.46. The molecule has 1 N–H and O–H groups in total. The lowest BCUT2D eigenvalue weighted by molar-refractivity contribution is -0.140. The van der Waals surface area contributed by atoms with E-state index in [1.807, 2.05) is 0 Å². The molecular formula is C8H12N2O5S. The highest BCUT2D eigenvalue weighted by molar-refractivity contribution is 7.92. The Balaban J connectivity index is 2.95. The number of sulfone groups is 1. The molecule has 1 saturated heterocycles. The average Bonchev–Trinajstić information content (AvgIpc) is 2.30. The highest BCUT2D eigenvalue weighted by Gasteiger charge is 2.43. The lowest BCUT2D eigenvalue weighted by Gasteiger charge is -2.25. The number of nitrogens with zero attached hydrogens (tertiary/aromatic N) is 1. The van der Waals surface area contributed by atoms with Crippen LogP contribution in [0.2, 0.25) is 0 Å². The van der Waals surface area contributed by atoms with E-state index >= 15 is 0 Å². The molecule has 0 aromatic rings. The van der Waals surface area contributed by atoms with Crippen molar-refractivity contribution >= 4 is 27.7 Å². The number of hydrogen-bond acceptors (Lipinski definition) is 5. The highest BCUT2D eigenvalue weighted by atomic mass is 32.2. The molecule has 1 heterocycles. The van der Waals surface area contributed by atoms with Crippen molar-refractivity contribution in [2.45, 2.75) is 18.6 Å². The Hall–Kier alpha value is -1.44. The van der Waals surface area contributed by atoms with Crippen LogP contribution in [0.4, 0.5) is 4.79 Å². The summed E-state index contributed by atoms with van der Waals surface area (Å²) < 4.78 is 21.5. The van der Waals surface area contributed by atoms with Gasteiger partial charge in [-0.05, 0) is 13.8 Å². The lowest BCUT2D eigenvalue weighted by atomic mass is 10.2. The van der Waals surface area contributed by atoms with Crippen LogP contribution < -0.4 is 5.32 Å². The van der Waals surface area contributed by atoms with Gasteiger partial charge in [-0.25, -0.2) is 13.2 Å². The normalized spacial score (nSPS) is 17.9. The van der Waals surface area contributed by atoms with Gasteiger partial charge in [0.05, 0.1) is 11.3 Å². The number of hydrogen-bond donors (Lipinski definition) is 1. The summed E-state index contributed by atoms with van der Waals surface area (Å²) in [5.41, 5.74) is 0. The average molecular weight is 248 g/mol. The van der Waals surface area contributed by atoms with Crippen molar-refractivity contribution in [1.29, 1.82) is 0 Å². The molecule has 0 spiro atoms. The largest absolute Gasteiger partial charge is 0.331 e. The van der Waals surface area contributed by atoms with Crippen LogP contribution in [0.15, 0.2) is 0 Å². The van der Waals surface area contributed by atoms with Crippen molar-refractivity contribution < 1.29 is 22.8 Å². The maximum absolute atomic E-state index is 11.4.